The molecule has 0 saturated heterocycles. The predicted molar refractivity (Wildman–Crippen MR) is 48.8 cm³/mol. The van der Waals surface area contributed by atoms with Gasteiger partial charge in [0.1, 0.15) is 12.6 Å². The average Bonchev–Trinajstić information content (AvgIpc) is 2.98. The van der Waals surface area contributed by atoms with E-state index in [1.54, 1.807) is 0 Å². The molecule has 1 aliphatic carbocycles. The highest BCUT2D eigenvalue weighted by Gasteiger charge is 2.29. The largest absolute Gasteiger partial charge is 0.468 e. The lowest BCUT2D eigenvalue weighted by Crippen LogP contribution is -2.42. The molecule has 0 heterocycles. The molecule has 0 aromatic carbocycles. The van der Waals surface area contributed by atoms with Crippen molar-refractivity contribution in [3.8, 4) is 0 Å². The van der Waals surface area contributed by atoms with Gasteiger partial charge in [0, 0.05) is 6.04 Å². The van der Waals surface area contributed by atoms with Crippen molar-refractivity contribution in [3.63, 3.8) is 0 Å². The molecule has 1 rings (SSSR count). The lowest BCUT2D eigenvalue weighted by molar-refractivity contribution is -0.145. The second-order valence-corrected chi connectivity index (χ2v) is 3.45. The monoisotopic (exact) mass is 223 g/mol. The Morgan fingerprint density at radius 1 is 1.47 bits per heavy atom. The topological polar surface area (TPSA) is 47.6 Å². The molecular weight excluding hydrogens is 208 g/mol. The van der Waals surface area contributed by atoms with Crippen molar-refractivity contribution in [1.29, 1.82) is 0 Å². The number of carbonyl (C=O) groups excluding carboxylic acids is 1. The van der Waals surface area contributed by atoms with Crippen LogP contribution in [0.25, 0.3) is 0 Å². The second kappa shape index (κ2) is 5.97. The minimum atomic E-state index is -2.51. The van der Waals surface area contributed by atoms with Crippen LogP contribution >= 0.6 is 0 Å². The van der Waals surface area contributed by atoms with Crippen molar-refractivity contribution in [1.82, 2.24) is 5.32 Å². The van der Waals surface area contributed by atoms with E-state index < -0.39 is 25.0 Å². The van der Waals surface area contributed by atoms with Crippen LogP contribution in [0.4, 0.5) is 8.78 Å². The van der Waals surface area contributed by atoms with Gasteiger partial charge in [0.05, 0.1) is 13.7 Å². The van der Waals surface area contributed by atoms with Crippen LogP contribution in [-0.4, -0.2) is 44.8 Å². The van der Waals surface area contributed by atoms with Gasteiger partial charge in [-0.25, -0.2) is 8.78 Å². The van der Waals surface area contributed by atoms with Crippen LogP contribution in [0.5, 0.6) is 0 Å². The fourth-order valence-electron chi connectivity index (χ4n) is 1.14. The summed E-state index contributed by atoms with van der Waals surface area (Å²) in [5.74, 6) is -0.476. The molecule has 1 aliphatic rings. The van der Waals surface area contributed by atoms with Gasteiger partial charge in [-0.15, -0.1) is 0 Å². The molecule has 0 radical (unpaired) electrons. The summed E-state index contributed by atoms with van der Waals surface area (Å²) in [5, 5.41) is 2.97. The third-order valence-electron chi connectivity index (χ3n) is 2.03. The van der Waals surface area contributed by atoms with E-state index in [-0.39, 0.29) is 6.61 Å². The molecule has 0 amide bonds. The van der Waals surface area contributed by atoms with Crippen LogP contribution in [0.1, 0.15) is 12.8 Å². The number of hydrogen-bond acceptors (Lipinski definition) is 4. The lowest BCUT2D eigenvalue weighted by atomic mass is 10.3. The first kappa shape index (κ1) is 12.3. The maximum atomic E-state index is 11.8. The van der Waals surface area contributed by atoms with E-state index in [0.29, 0.717) is 6.04 Å². The number of hydrogen-bond donors (Lipinski definition) is 1. The Morgan fingerprint density at radius 2 is 2.13 bits per heavy atom. The zero-order valence-electron chi connectivity index (χ0n) is 8.54. The summed E-state index contributed by atoms with van der Waals surface area (Å²) in [6.07, 6.45) is -0.505. The maximum absolute atomic E-state index is 11.8. The van der Waals surface area contributed by atoms with E-state index in [1.165, 1.54) is 7.11 Å². The standard InChI is InChI=1S/C9H15F2NO3/c1-14-9(13)7(12-6-2-3-6)4-15-5-8(10)11/h6-8,12H,2-5H2,1H3. The molecule has 1 N–H and O–H groups in total. The summed E-state index contributed by atoms with van der Waals surface area (Å²) >= 11 is 0. The van der Waals surface area contributed by atoms with E-state index in [4.69, 9.17) is 4.74 Å². The van der Waals surface area contributed by atoms with E-state index in [9.17, 15) is 13.6 Å². The van der Waals surface area contributed by atoms with Gasteiger partial charge in [-0.3, -0.25) is 10.1 Å². The molecule has 1 unspecified atom stereocenters. The molecule has 4 nitrogen and oxygen atoms in total. The van der Waals surface area contributed by atoms with E-state index in [2.05, 4.69) is 10.1 Å². The summed E-state index contributed by atoms with van der Waals surface area (Å²) in [4.78, 5) is 11.2. The Kier molecular flexibility index (Phi) is 4.90. The van der Waals surface area contributed by atoms with Crippen LogP contribution in [-0.2, 0) is 14.3 Å². The molecule has 0 bridgehead atoms. The number of esters is 1. The van der Waals surface area contributed by atoms with Gasteiger partial charge >= 0.3 is 5.97 Å². The zero-order chi connectivity index (χ0) is 11.3. The summed E-state index contributed by atoms with van der Waals surface area (Å²) in [5.41, 5.74) is 0. The summed E-state index contributed by atoms with van der Waals surface area (Å²) < 4.78 is 32.8. The van der Waals surface area contributed by atoms with Gasteiger partial charge in [-0.05, 0) is 12.8 Å². The van der Waals surface area contributed by atoms with Crippen molar-refractivity contribution < 1.29 is 23.0 Å². The predicted octanol–water partition coefficient (Wildman–Crippen LogP) is 0.562. The smallest absolute Gasteiger partial charge is 0.325 e. The first-order valence-electron chi connectivity index (χ1n) is 4.83. The Labute approximate surface area is 86.9 Å². The van der Waals surface area contributed by atoms with Gasteiger partial charge in [0.15, 0.2) is 0 Å². The molecular formula is C9H15F2NO3. The van der Waals surface area contributed by atoms with Crippen LogP contribution in [0, 0.1) is 0 Å². The minimum Gasteiger partial charge on any atom is -0.468 e. The number of rotatable bonds is 7. The Morgan fingerprint density at radius 3 is 2.60 bits per heavy atom. The molecule has 0 aliphatic heterocycles. The molecule has 15 heavy (non-hydrogen) atoms. The van der Waals surface area contributed by atoms with Crippen LogP contribution in [0.2, 0.25) is 0 Å². The van der Waals surface area contributed by atoms with Crippen LogP contribution < -0.4 is 5.32 Å². The van der Waals surface area contributed by atoms with Crippen molar-refractivity contribution in [2.75, 3.05) is 20.3 Å². The van der Waals surface area contributed by atoms with Crippen LogP contribution in [0.3, 0.4) is 0 Å². The fraction of sp³-hybridized carbons (Fsp3) is 0.889. The van der Waals surface area contributed by atoms with Gasteiger partial charge in [-0.2, -0.15) is 0 Å². The Balaban J connectivity index is 2.24. The van der Waals surface area contributed by atoms with E-state index in [1.807, 2.05) is 0 Å². The van der Waals surface area contributed by atoms with Crippen molar-refractivity contribution in [2.45, 2.75) is 31.4 Å². The van der Waals surface area contributed by atoms with Crippen molar-refractivity contribution in [2.24, 2.45) is 0 Å². The molecule has 6 heteroatoms. The summed E-state index contributed by atoms with van der Waals surface area (Å²) in [7, 11) is 1.26. The minimum absolute atomic E-state index is 0.0759. The van der Waals surface area contributed by atoms with Gasteiger partial charge in [-0.1, -0.05) is 0 Å². The fourth-order valence-corrected chi connectivity index (χ4v) is 1.14. The van der Waals surface area contributed by atoms with Gasteiger partial charge in [0.2, 0.25) is 0 Å². The normalized spacial score (nSPS) is 17.9. The third-order valence-corrected chi connectivity index (χ3v) is 2.03. The first-order chi connectivity index (χ1) is 7.13. The SMILES string of the molecule is COC(=O)C(COCC(F)F)NC1CC1. The number of methoxy groups -OCH3 is 1. The molecule has 88 valence electrons. The molecule has 0 aromatic heterocycles. The molecule has 1 fully saturated rings. The Hall–Kier alpha value is -0.750. The zero-order valence-corrected chi connectivity index (χ0v) is 8.54. The molecule has 1 saturated carbocycles. The molecule has 1 atom stereocenters. The van der Waals surface area contributed by atoms with Crippen molar-refractivity contribution >= 4 is 5.97 Å². The highest BCUT2D eigenvalue weighted by atomic mass is 19.3. The molecule has 0 spiro atoms. The summed E-state index contributed by atoms with van der Waals surface area (Å²) in [6.45, 7) is -0.729. The van der Waals surface area contributed by atoms with E-state index >= 15 is 0 Å². The highest BCUT2D eigenvalue weighted by Crippen LogP contribution is 2.19. The van der Waals surface area contributed by atoms with Crippen LogP contribution in [0.15, 0.2) is 0 Å². The number of nitrogens with one attached hydrogen (secondary N) is 1. The molecule has 0 aromatic rings. The highest BCUT2D eigenvalue weighted by molar-refractivity contribution is 5.75. The van der Waals surface area contributed by atoms with Gasteiger partial charge in [0.25, 0.3) is 6.43 Å². The second-order valence-electron chi connectivity index (χ2n) is 3.45. The number of ether oxygens (including phenoxy) is 2. The van der Waals surface area contributed by atoms with E-state index in [0.717, 1.165) is 12.8 Å². The summed E-state index contributed by atoms with van der Waals surface area (Å²) in [6, 6.07) is -0.342. The number of alkyl halides is 2. The number of carbonyl (C=O) groups is 1. The maximum Gasteiger partial charge on any atom is 0.325 e. The first-order valence-corrected chi connectivity index (χ1v) is 4.83. The quantitative estimate of drug-likeness (QED) is 0.641. The lowest BCUT2D eigenvalue weighted by Gasteiger charge is -2.15. The van der Waals surface area contributed by atoms with Crippen molar-refractivity contribution in [3.05, 3.63) is 0 Å². The number of halogens is 2. The third kappa shape index (κ3) is 5.03. The van der Waals surface area contributed by atoms with Gasteiger partial charge < -0.3 is 9.47 Å². The average molecular weight is 223 g/mol. The Bertz CT molecular complexity index is 210.